The van der Waals surface area contributed by atoms with Crippen LogP contribution in [0.5, 0.6) is 0 Å². The van der Waals surface area contributed by atoms with Gasteiger partial charge in [-0.1, -0.05) is 0 Å². The maximum atomic E-state index is 12.5. The van der Waals surface area contributed by atoms with Crippen LogP contribution in [0, 0.1) is 13.8 Å². The molecule has 0 unspecified atom stereocenters. The lowest BCUT2D eigenvalue weighted by molar-refractivity contribution is 0.0754. The van der Waals surface area contributed by atoms with Crippen LogP contribution in [0.3, 0.4) is 0 Å². The van der Waals surface area contributed by atoms with Crippen LogP contribution < -0.4 is 0 Å². The lowest BCUT2D eigenvalue weighted by atomic mass is 10.3. The molecule has 122 valence electrons. The highest BCUT2D eigenvalue weighted by atomic mass is 32.1. The molecule has 7 nitrogen and oxygen atoms in total. The molecule has 0 bridgehead atoms. The van der Waals surface area contributed by atoms with Crippen molar-refractivity contribution in [2.45, 2.75) is 26.8 Å². The number of hydrogen-bond acceptors (Lipinski definition) is 7. The molecule has 0 aliphatic carbocycles. The van der Waals surface area contributed by atoms with Gasteiger partial charge in [0.25, 0.3) is 5.91 Å². The number of aromatic nitrogens is 4. The monoisotopic (exact) mass is 332 g/mol. The first-order valence-electron chi connectivity index (χ1n) is 7.71. The molecule has 23 heavy (non-hydrogen) atoms. The lowest BCUT2D eigenvalue weighted by Gasteiger charge is -2.21. The van der Waals surface area contributed by atoms with E-state index in [-0.39, 0.29) is 5.91 Å². The number of rotatable bonds is 3. The minimum absolute atomic E-state index is 0.0360. The average Bonchev–Trinajstić information content (AvgIpc) is 2.81. The van der Waals surface area contributed by atoms with Crippen molar-refractivity contribution >= 4 is 17.2 Å². The van der Waals surface area contributed by atoms with Crippen LogP contribution >= 0.6 is 11.3 Å². The Balaban J connectivity index is 1.59. The Morgan fingerprint density at radius 3 is 2.70 bits per heavy atom. The number of hydrogen-bond donors (Lipinski definition) is 0. The molecule has 3 rings (SSSR count). The standard InChI is InChI=1S/C15H20N6OS/c1-11-8-17-13(9-16-11)15(22)21-5-3-4-20(6-7-21)10-14-19-18-12(2)23-14/h8-9H,3-7,10H2,1-2H3. The number of carbonyl (C=O) groups is 1. The van der Waals surface area contributed by atoms with Gasteiger partial charge in [-0.05, 0) is 20.3 Å². The minimum atomic E-state index is -0.0360. The number of carbonyl (C=O) groups excluding carboxylic acids is 1. The summed E-state index contributed by atoms with van der Waals surface area (Å²) in [5, 5.41) is 10.3. The summed E-state index contributed by atoms with van der Waals surface area (Å²) in [5.74, 6) is -0.0360. The Hall–Kier alpha value is -1.93. The first kappa shape index (κ1) is 15.9. The van der Waals surface area contributed by atoms with Gasteiger partial charge >= 0.3 is 0 Å². The lowest BCUT2D eigenvalue weighted by Crippen LogP contribution is -2.35. The fourth-order valence-corrected chi connectivity index (χ4v) is 3.34. The van der Waals surface area contributed by atoms with E-state index in [9.17, 15) is 4.79 Å². The summed E-state index contributed by atoms with van der Waals surface area (Å²) in [6.07, 6.45) is 4.14. The Morgan fingerprint density at radius 2 is 2.00 bits per heavy atom. The molecule has 0 N–H and O–H groups in total. The van der Waals surface area contributed by atoms with Crippen LogP contribution in [0.4, 0.5) is 0 Å². The molecule has 3 heterocycles. The van der Waals surface area contributed by atoms with E-state index in [1.807, 2.05) is 18.7 Å². The fourth-order valence-electron chi connectivity index (χ4n) is 2.59. The molecule has 8 heteroatoms. The molecule has 0 aromatic carbocycles. The smallest absolute Gasteiger partial charge is 0.274 e. The van der Waals surface area contributed by atoms with Crippen molar-refractivity contribution in [3.63, 3.8) is 0 Å². The van der Waals surface area contributed by atoms with Gasteiger partial charge < -0.3 is 4.90 Å². The Labute approximate surface area is 139 Å². The van der Waals surface area contributed by atoms with Crippen molar-refractivity contribution in [2.75, 3.05) is 26.2 Å². The molecule has 0 atom stereocenters. The van der Waals surface area contributed by atoms with Gasteiger partial charge in [-0.15, -0.1) is 21.5 Å². The van der Waals surface area contributed by atoms with E-state index in [4.69, 9.17) is 0 Å². The normalized spacial score (nSPS) is 16.3. The zero-order chi connectivity index (χ0) is 16.2. The first-order valence-corrected chi connectivity index (χ1v) is 8.53. The Morgan fingerprint density at radius 1 is 1.13 bits per heavy atom. The summed E-state index contributed by atoms with van der Waals surface area (Å²) >= 11 is 1.63. The summed E-state index contributed by atoms with van der Waals surface area (Å²) in [4.78, 5) is 25.1. The molecular formula is C15H20N6OS. The first-order chi connectivity index (χ1) is 11.1. The molecule has 0 spiro atoms. The number of aryl methyl sites for hydroxylation is 2. The zero-order valence-corrected chi connectivity index (χ0v) is 14.2. The predicted molar refractivity (Wildman–Crippen MR) is 87.2 cm³/mol. The summed E-state index contributed by atoms with van der Waals surface area (Å²) in [6, 6.07) is 0. The average molecular weight is 332 g/mol. The van der Waals surface area contributed by atoms with E-state index in [0.717, 1.165) is 48.3 Å². The second-order valence-corrected chi connectivity index (χ2v) is 6.95. The van der Waals surface area contributed by atoms with E-state index in [1.165, 1.54) is 0 Å². The molecule has 1 fully saturated rings. The SMILES string of the molecule is Cc1cnc(C(=O)N2CCCN(Cc3nnc(C)s3)CC2)cn1. The van der Waals surface area contributed by atoms with Crippen molar-refractivity contribution in [3.05, 3.63) is 33.8 Å². The van der Waals surface area contributed by atoms with Gasteiger partial charge in [0.1, 0.15) is 15.7 Å². The van der Waals surface area contributed by atoms with Crippen molar-refractivity contribution in [1.82, 2.24) is 30.0 Å². The second-order valence-electron chi connectivity index (χ2n) is 5.68. The van der Waals surface area contributed by atoms with Crippen molar-refractivity contribution in [3.8, 4) is 0 Å². The molecular weight excluding hydrogens is 312 g/mol. The predicted octanol–water partition coefficient (Wildman–Crippen LogP) is 1.29. The van der Waals surface area contributed by atoms with Crippen LogP contribution in [0.25, 0.3) is 0 Å². The Bertz CT molecular complexity index is 671. The molecule has 1 aliphatic rings. The molecule has 1 amide bonds. The van der Waals surface area contributed by atoms with E-state index in [0.29, 0.717) is 12.2 Å². The third kappa shape index (κ3) is 4.08. The molecule has 2 aromatic heterocycles. The van der Waals surface area contributed by atoms with Gasteiger partial charge in [-0.3, -0.25) is 14.7 Å². The number of nitrogens with zero attached hydrogens (tertiary/aromatic N) is 6. The molecule has 0 radical (unpaired) electrons. The van der Waals surface area contributed by atoms with Crippen molar-refractivity contribution < 1.29 is 4.79 Å². The zero-order valence-electron chi connectivity index (χ0n) is 13.4. The van der Waals surface area contributed by atoms with Gasteiger partial charge in [0.05, 0.1) is 18.4 Å². The van der Waals surface area contributed by atoms with Crippen LogP contribution in [-0.4, -0.2) is 62.1 Å². The highest BCUT2D eigenvalue weighted by Gasteiger charge is 2.22. The highest BCUT2D eigenvalue weighted by Crippen LogP contribution is 2.14. The maximum Gasteiger partial charge on any atom is 0.274 e. The molecule has 2 aromatic rings. The number of amides is 1. The second kappa shape index (κ2) is 7.10. The van der Waals surface area contributed by atoms with E-state index in [1.54, 1.807) is 23.7 Å². The third-order valence-corrected chi connectivity index (χ3v) is 4.63. The van der Waals surface area contributed by atoms with Crippen LogP contribution in [0.1, 0.15) is 32.6 Å². The third-order valence-electron chi connectivity index (χ3n) is 3.80. The molecule has 0 saturated carbocycles. The van der Waals surface area contributed by atoms with E-state index in [2.05, 4.69) is 25.1 Å². The topological polar surface area (TPSA) is 75.1 Å². The van der Waals surface area contributed by atoms with Crippen molar-refractivity contribution in [2.24, 2.45) is 0 Å². The highest BCUT2D eigenvalue weighted by molar-refractivity contribution is 7.11. The molecule has 1 saturated heterocycles. The van der Waals surface area contributed by atoms with Crippen LogP contribution in [-0.2, 0) is 6.54 Å². The largest absolute Gasteiger partial charge is 0.336 e. The summed E-state index contributed by atoms with van der Waals surface area (Å²) < 4.78 is 0. The fraction of sp³-hybridized carbons (Fsp3) is 0.533. The summed E-state index contributed by atoms with van der Waals surface area (Å²) in [6.45, 7) is 7.88. The van der Waals surface area contributed by atoms with E-state index < -0.39 is 0 Å². The summed E-state index contributed by atoms with van der Waals surface area (Å²) in [5.41, 5.74) is 1.24. The van der Waals surface area contributed by atoms with Crippen molar-refractivity contribution in [1.29, 1.82) is 0 Å². The van der Waals surface area contributed by atoms with Gasteiger partial charge in [0.15, 0.2) is 0 Å². The summed E-state index contributed by atoms with van der Waals surface area (Å²) in [7, 11) is 0. The quantitative estimate of drug-likeness (QED) is 0.843. The van der Waals surface area contributed by atoms with Crippen LogP contribution in [0.2, 0.25) is 0 Å². The van der Waals surface area contributed by atoms with E-state index >= 15 is 0 Å². The van der Waals surface area contributed by atoms with Gasteiger partial charge in [0, 0.05) is 32.4 Å². The van der Waals surface area contributed by atoms with Crippen LogP contribution in [0.15, 0.2) is 12.4 Å². The maximum absolute atomic E-state index is 12.5. The van der Waals surface area contributed by atoms with Gasteiger partial charge in [-0.25, -0.2) is 4.98 Å². The Kier molecular flexibility index (Phi) is 4.92. The van der Waals surface area contributed by atoms with Gasteiger partial charge in [0.2, 0.25) is 0 Å². The molecule has 1 aliphatic heterocycles. The van der Waals surface area contributed by atoms with Gasteiger partial charge in [-0.2, -0.15) is 0 Å². The minimum Gasteiger partial charge on any atom is -0.336 e.